The average Bonchev–Trinajstić information content (AvgIpc) is 2.97. The van der Waals surface area contributed by atoms with Gasteiger partial charge >= 0.3 is 0 Å². The molecule has 0 saturated carbocycles. The molecule has 1 N–H and O–H groups in total. The first kappa shape index (κ1) is 14.1. The number of rotatable bonds is 4. The van der Waals surface area contributed by atoms with Crippen molar-refractivity contribution >= 4 is 17.5 Å². The molecular weight excluding hydrogens is 274 g/mol. The highest BCUT2D eigenvalue weighted by Crippen LogP contribution is 2.08. The van der Waals surface area contributed by atoms with Crippen LogP contribution in [0.3, 0.4) is 0 Å². The first-order chi connectivity index (χ1) is 10.7. The van der Waals surface area contributed by atoms with Crippen LogP contribution in [0.5, 0.6) is 0 Å². The summed E-state index contributed by atoms with van der Waals surface area (Å²) in [5.74, 6) is 0.730. The van der Waals surface area contributed by atoms with Crippen LogP contribution >= 0.6 is 0 Å². The monoisotopic (exact) mass is 291 g/mol. The van der Waals surface area contributed by atoms with Gasteiger partial charge in [0, 0.05) is 11.8 Å². The smallest absolute Gasteiger partial charge is 0.247 e. The quantitative estimate of drug-likeness (QED) is 0.751. The summed E-state index contributed by atoms with van der Waals surface area (Å²) in [5.41, 5.74) is 2.71. The Morgan fingerprint density at radius 1 is 1.18 bits per heavy atom. The molecule has 0 bridgehead atoms. The van der Waals surface area contributed by atoms with Crippen molar-refractivity contribution in [3.05, 3.63) is 77.9 Å². The molecular formula is C18H17N3O. The third kappa shape index (κ3) is 3.06. The second-order valence-corrected chi connectivity index (χ2v) is 5.09. The van der Waals surface area contributed by atoms with E-state index in [0.29, 0.717) is 12.1 Å². The van der Waals surface area contributed by atoms with Crippen molar-refractivity contribution in [1.29, 1.82) is 0 Å². The van der Waals surface area contributed by atoms with E-state index in [1.165, 1.54) is 0 Å². The number of aromatic nitrogens is 2. The highest BCUT2D eigenvalue weighted by Gasteiger charge is 2.07. The molecule has 4 nitrogen and oxygen atoms in total. The highest BCUT2D eigenvalue weighted by molar-refractivity contribution is 5.97. The van der Waals surface area contributed by atoms with Crippen LogP contribution in [-0.2, 0) is 11.3 Å². The lowest BCUT2D eigenvalue weighted by atomic mass is 10.1. The number of fused-ring (bicyclic) bond motifs is 1. The van der Waals surface area contributed by atoms with E-state index in [1.54, 1.807) is 6.20 Å². The summed E-state index contributed by atoms with van der Waals surface area (Å²) in [6.45, 7) is 2.21. The Morgan fingerprint density at radius 2 is 1.95 bits per heavy atom. The van der Waals surface area contributed by atoms with Crippen LogP contribution in [0.25, 0.3) is 11.6 Å². The van der Waals surface area contributed by atoms with Crippen molar-refractivity contribution in [2.24, 2.45) is 0 Å². The maximum Gasteiger partial charge on any atom is 0.247 e. The zero-order valence-electron chi connectivity index (χ0n) is 12.4. The van der Waals surface area contributed by atoms with Gasteiger partial charge in [0.15, 0.2) is 0 Å². The van der Waals surface area contributed by atoms with Crippen LogP contribution < -0.4 is 5.32 Å². The van der Waals surface area contributed by atoms with E-state index in [1.807, 2.05) is 72.1 Å². The molecule has 0 saturated heterocycles. The van der Waals surface area contributed by atoms with E-state index in [9.17, 15) is 4.79 Å². The molecule has 0 unspecified atom stereocenters. The molecule has 0 spiro atoms. The van der Waals surface area contributed by atoms with Crippen LogP contribution in [-0.4, -0.2) is 15.3 Å². The Kier molecular flexibility index (Phi) is 4.01. The van der Waals surface area contributed by atoms with Gasteiger partial charge in [0.1, 0.15) is 5.82 Å². The lowest BCUT2D eigenvalue weighted by Gasteiger charge is -2.05. The molecule has 0 aliphatic heterocycles. The van der Waals surface area contributed by atoms with Crippen molar-refractivity contribution in [1.82, 2.24) is 14.7 Å². The Bertz CT molecular complexity index is 818. The van der Waals surface area contributed by atoms with Crippen LogP contribution in [0.4, 0.5) is 0 Å². The first-order valence-corrected chi connectivity index (χ1v) is 7.16. The second-order valence-electron chi connectivity index (χ2n) is 5.09. The average molecular weight is 291 g/mol. The number of amides is 1. The maximum absolute atomic E-state index is 12.2. The van der Waals surface area contributed by atoms with Gasteiger partial charge in [-0.2, -0.15) is 0 Å². The summed E-state index contributed by atoms with van der Waals surface area (Å²) in [5, 5.41) is 2.91. The number of hydrogen-bond acceptors (Lipinski definition) is 2. The van der Waals surface area contributed by atoms with Crippen LogP contribution in [0.15, 0.2) is 66.5 Å². The molecule has 22 heavy (non-hydrogen) atoms. The number of hydrogen-bond donors (Lipinski definition) is 1. The van der Waals surface area contributed by atoms with E-state index in [0.717, 1.165) is 16.9 Å². The lowest BCUT2D eigenvalue weighted by molar-refractivity contribution is -0.117. The van der Waals surface area contributed by atoms with Gasteiger partial charge in [-0.25, -0.2) is 4.98 Å². The minimum absolute atomic E-state index is 0.0865. The molecule has 3 rings (SSSR count). The van der Waals surface area contributed by atoms with E-state index < -0.39 is 0 Å². The predicted octanol–water partition coefficient (Wildman–Crippen LogP) is 3.05. The fraction of sp³-hybridized carbons (Fsp3) is 0.111. The molecule has 4 heteroatoms. The molecule has 1 amide bonds. The van der Waals surface area contributed by atoms with E-state index in [4.69, 9.17) is 0 Å². The number of pyridine rings is 1. The molecule has 2 aromatic heterocycles. The summed E-state index contributed by atoms with van der Waals surface area (Å²) in [4.78, 5) is 16.5. The summed E-state index contributed by atoms with van der Waals surface area (Å²) in [6, 6.07) is 15.7. The largest absolute Gasteiger partial charge is 0.345 e. The normalized spacial score (nSPS) is 11.6. The molecule has 0 radical (unpaired) electrons. The van der Waals surface area contributed by atoms with Crippen molar-refractivity contribution in [2.75, 3.05) is 0 Å². The van der Waals surface area contributed by atoms with Gasteiger partial charge in [0.2, 0.25) is 5.91 Å². The van der Waals surface area contributed by atoms with Crippen molar-refractivity contribution in [3.63, 3.8) is 0 Å². The standard InChI is InChI=1S/C18H17N3O/c1-14(11-15-7-3-2-4-8-15)18(22)20-13-17-19-12-16-9-5-6-10-21(16)17/h2-12H,13H2,1H3,(H,20,22)/b14-11+. The Morgan fingerprint density at radius 3 is 2.77 bits per heavy atom. The Labute approximate surface area is 129 Å². The third-order valence-corrected chi connectivity index (χ3v) is 3.46. The third-order valence-electron chi connectivity index (χ3n) is 3.46. The minimum atomic E-state index is -0.0865. The summed E-state index contributed by atoms with van der Waals surface area (Å²) in [6.07, 6.45) is 5.61. The van der Waals surface area contributed by atoms with Gasteiger partial charge in [-0.15, -0.1) is 0 Å². The number of carbonyl (C=O) groups is 1. The van der Waals surface area contributed by atoms with Crippen LogP contribution in [0, 0.1) is 0 Å². The first-order valence-electron chi connectivity index (χ1n) is 7.16. The zero-order valence-corrected chi connectivity index (χ0v) is 12.4. The highest BCUT2D eigenvalue weighted by atomic mass is 16.1. The number of nitrogens with one attached hydrogen (secondary N) is 1. The van der Waals surface area contributed by atoms with Gasteiger partial charge in [-0.05, 0) is 30.7 Å². The topological polar surface area (TPSA) is 46.4 Å². The van der Waals surface area contributed by atoms with Crippen LogP contribution in [0.1, 0.15) is 18.3 Å². The molecule has 2 heterocycles. The van der Waals surface area contributed by atoms with Gasteiger partial charge < -0.3 is 9.72 Å². The number of nitrogens with zero attached hydrogens (tertiary/aromatic N) is 2. The van der Waals surface area contributed by atoms with Gasteiger partial charge in [0.05, 0.1) is 18.3 Å². The fourth-order valence-electron chi connectivity index (χ4n) is 2.29. The Balaban J connectivity index is 1.68. The molecule has 3 aromatic rings. The van der Waals surface area contributed by atoms with Crippen molar-refractivity contribution in [3.8, 4) is 0 Å². The second kappa shape index (κ2) is 6.26. The van der Waals surface area contributed by atoms with Gasteiger partial charge in [0.25, 0.3) is 0 Å². The number of carbonyl (C=O) groups excluding carboxylic acids is 1. The zero-order chi connectivity index (χ0) is 15.4. The SMILES string of the molecule is C/C(=C\c1ccccc1)C(=O)NCc1ncc2ccccn12. The summed E-state index contributed by atoms with van der Waals surface area (Å²) < 4.78 is 1.97. The molecule has 0 aliphatic carbocycles. The Hall–Kier alpha value is -2.88. The number of imidazole rings is 1. The van der Waals surface area contributed by atoms with Gasteiger partial charge in [-0.1, -0.05) is 36.4 Å². The summed E-state index contributed by atoms with van der Waals surface area (Å²) in [7, 11) is 0. The van der Waals surface area contributed by atoms with E-state index >= 15 is 0 Å². The molecule has 0 atom stereocenters. The maximum atomic E-state index is 12.2. The molecule has 1 aromatic carbocycles. The van der Waals surface area contributed by atoms with Crippen molar-refractivity contribution < 1.29 is 4.79 Å². The fourth-order valence-corrected chi connectivity index (χ4v) is 2.29. The molecule has 0 aliphatic rings. The number of benzene rings is 1. The van der Waals surface area contributed by atoms with E-state index in [-0.39, 0.29) is 5.91 Å². The minimum Gasteiger partial charge on any atom is -0.345 e. The van der Waals surface area contributed by atoms with Crippen LogP contribution in [0.2, 0.25) is 0 Å². The predicted molar refractivity (Wildman–Crippen MR) is 87.1 cm³/mol. The molecule has 110 valence electrons. The molecule has 0 fully saturated rings. The van der Waals surface area contributed by atoms with Gasteiger partial charge in [-0.3, -0.25) is 4.79 Å². The van der Waals surface area contributed by atoms with E-state index in [2.05, 4.69) is 10.3 Å². The van der Waals surface area contributed by atoms with Crippen molar-refractivity contribution in [2.45, 2.75) is 13.5 Å². The lowest BCUT2D eigenvalue weighted by Crippen LogP contribution is -2.24. The summed E-state index contributed by atoms with van der Waals surface area (Å²) >= 11 is 0.